The molecule has 18 nitrogen and oxygen atoms in total. The van der Waals surface area contributed by atoms with Gasteiger partial charge in [0.25, 0.3) is 11.4 Å². The highest BCUT2D eigenvalue weighted by Gasteiger charge is 2.33. The van der Waals surface area contributed by atoms with Crippen LogP contribution in [0.4, 0.5) is 21.0 Å². The van der Waals surface area contributed by atoms with Crippen LogP contribution in [0.1, 0.15) is 67.0 Å². The maximum Gasteiger partial charge on any atom is 0.407 e. The molecule has 2 aromatic heterocycles. The number of nitro benzene ring substituents is 2. The van der Waals surface area contributed by atoms with E-state index in [1.54, 1.807) is 43.3 Å². The molecular weight excluding hydrogens is 1190 g/mol. The molecule has 12 rings (SSSR count). The van der Waals surface area contributed by atoms with Crippen molar-refractivity contribution in [1.82, 2.24) is 20.6 Å². The number of benzene rings is 8. The number of rotatable bonds is 18. The van der Waals surface area contributed by atoms with E-state index in [-0.39, 0.29) is 64.3 Å². The summed E-state index contributed by atoms with van der Waals surface area (Å²) in [5, 5.41) is 39.5. The highest BCUT2D eigenvalue weighted by Crippen LogP contribution is 2.46. The number of aliphatic carboxylic acids is 1. The number of nitro groups is 2. The molecule has 456 valence electrons. The largest absolute Gasteiger partial charge is 0.480 e. The first-order valence-electron chi connectivity index (χ1n) is 27.5. The van der Waals surface area contributed by atoms with E-state index in [1.807, 2.05) is 128 Å². The van der Waals surface area contributed by atoms with E-state index in [1.165, 1.54) is 12.1 Å². The molecule has 0 bridgehead atoms. The highest BCUT2D eigenvalue weighted by molar-refractivity contribution is 8.21. The normalized spacial score (nSPS) is 12.3. The first-order valence-corrected chi connectivity index (χ1v) is 30.0. The maximum absolute atomic E-state index is 12.9. The Hall–Kier alpha value is -9.89. The van der Waals surface area contributed by atoms with Crippen molar-refractivity contribution in [2.45, 2.75) is 73.4 Å². The van der Waals surface area contributed by atoms with Crippen LogP contribution in [-0.4, -0.2) is 81.0 Å². The summed E-state index contributed by atoms with van der Waals surface area (Å²) in [6.45, 7) is 2.21. The molecule has 21 heteroatoms. The van der Waals surface area contributed by atoms with Crippen LogP contribution in [0.3, 0.4) is 0 Å². The van der Waals surface area contributed by atoms with Crippen molar-refractivity contribution in [3.8, 4) is 22.3 Å². The van der Waals surface area contributed by atoms with Gasteiger partial charge in [-0.15, -0.1) is 0 Å². The lowest BCUT2D eigenvalue weighted by Crippen LogP contribution is -2.44. The minimum atomic E-state index is -1.30. The lowest BCUT2D eigenvalue weighted by atomic mass is 9.98. The van der Waals surface area contributed by atoms with Gasteiger partial charge in [0.1, 0.15) is 30.2 Å². The smallest absolute Gasteiger partial charge is 0.407 e. The van der Waals surface area contributed by atoms with Crippen molar-refractivity contribution in [3.63, 3.8) is 0 Å². The van der Waals surface area contributed by atoms with Crippen molar-refractivity contribution in [1.29, 1.82) is 0 Å². The molecule has 2 heterocycles. The van der Waals surface area contributed by atoms with E-state index in [9.17, 15) is 44.5 Å². The molecule has 0 saturated carbocycles. The number of hydrogen-bond donors (Lipinski definition) is 5. The maximum atomic E-state index is 12.9. The summed E-state index contributed by atoms with van der Waals surface area (Å²) in [6, 6.07) is 58.0. The number of carboxylic acids is 1. The number of ether oxygens (including phenoxy) is 3. The van der Waals surface area contributed by atoms with Crippen LogP contribution >= 0.6 is 33.4 Å². The Morgan fingerprint density at radius 2 is 0.989 bits per heavy atom. The zero-order chi connectivity index (χ0) is 61.0. The topological polar surface area (TPSA) is 258 Å². The number of esters is 1. The molecule has 2 aliphatic carbocycles. The summed E-state index contributed by atoms with van der Waals surface area (Å²) >= 11 is 1.15. The Bertz CT molecular complexity index is 4100. The highest BCUT2D eigenvalue weighted by atomic mass is 35.7. The number of alkyl carbamates (subject to hydrolysis) is 2. The van der Waals surface area contributed by atoms with Gasteiger partial charge in [-0.05, 0) is 108 Å². The van der Waals surface area contributed by atoms with Crippen molar-refractivity contribution < 1.29 is 48.3 Å². The molecule has 89 heavy (non-hydrogen) atoms. The van der Waals surface area contributed by atoms with Crippen LogP contribution in [0, 0.1) is 20.2 Å². The predicted octanol–water partition coefficient (Wildman–Crippen LogP) is 16.1. The van der Waals surface area contributed by atoms with Gasteiger partial charge in [-0.1, -0.05) is 184 Å². The van der Waals surface area contributed by atoms with Crippen molar-refractivity contribution in [2.24, 2.45) is 0 Å². The second-order valence-corrected chi connectivity index (χ2v) is 22.1. The van der Waals surface area contributed by atoms with Gasteiger partial charge in [0.05, 0.1) is 26.4 Å². The second kappa shape index (κ2) is 30.2. The Morgan fingerprint density at radius 1 is 0.562 bits per heavy atom. The summed E-state index contributed by atoms with van der Waals surface area (Å²) in [6.07, 6.45) is 0.618. The molecule has 2 atom stereocenters. The number of nitrogens with one attached hydrogen (secondary N) is 4. The number of halogens is 1. The second-order valence-electron chi connectivity index (χ2n) is 20.0. The molecule has 0 aliphatic heterocycles. The van der Waals surface area contributed by atoms with Crippen LogP contribution in [0.15, 0.2) is 215 Å². The van der Waals surface area contributed by atoms with Crippen molar-refractivity contribution in [3.05, 3.63) is 254 Å². The minimum absolute atomic E-state index is 0. The van der Waals surface area contributed by atoms with E-state index in [2.05, 4.69) is 44.9 Å². The van der Waals surface area contributed by atoms with Gasteiger partial charge in [-0.3, -0.25) is 20.2 Å². The summed E-state index contributed by atoms with van der Waals surface area (Å²) < 4.78 is 16.5. The molecule has 2 aliphatic rings. The molecule has 2 unspecified atom stereocenters. The van der Waals surface area contributed by atoms with Crippen LogP contribution in [-0.2, 0) is 36.6 Å². The van der Waals surface area contributed by atoms with E-state index >= 15 is 0 Å². The number of aromatic amines is 2. The average Bonchev–Trinajstić information content (AvgIpc) is 1.98. The number of para-hydroxylation sites is 4. The zero-order valence-corrected chi connectivity index (χ0v) is 48.8. The Kier molecular flexibility index (Phi) is 22.1. The quantitative estimate of drug-likeness (QED) is 0.0232. The third-order valence-corrected chi connectivity index (χ3v) is 17.0. The monoisotopic (exact) mass is 1250 g/mol. The number of carbonyl (C=O) groups excluding carboxylic acids is 3. The van der Waals surface area contributed by atoms with Crippen LogP contribution < -0.4 is 10.6 Å². The van der Waals surface area contributed by atoms with Crippen LogP contribution in [0.25, 0.3) is 44.1 Å². The lowest BCUT2D eigenvalue weighted by molar-refractivity contribution is -0.387. The summed E-state index contributed by atoms with van der Waals surface area (Å²) in [5.74, 6) is -1.92. The fourth-order valence-electron chi connectivity index (χ4n) is 10.9. The van der Waals surface area contributed by atoms with Crippen molar-refractivity contribution >= 4 is 90.7 Å². The Balaban J connectivity index is 0.000000195. The number of aromatic nitrogens is 2. The molecule has 2 amide bonds. The van der Waals surface area contributed by atoms with Crippen LogP contribution in [0.5, 0.6) is 0 Å². The van der Waals surface area contributed by atoms with E-state index in [4.69, 9.17) is 24.9 Å². The first kappa shape index (κ1) is 65.1. The fourth-order valence-corrected chi connectivity index (χ4v) is 12.7. The number of H-pyrrole nitrogens is 2. The number of hydrogen-bond acceptors (Lipinski definition) is 13. The zero-order valence-electron chi connectivity index (χ0n) is 46.4. The van der Waals surface area contributed by atoms with E-state index < -0.39 is 46.1 Å². The number of fused-ring (bicyclic) bond motifs is 8. The summed E-state index contributed by atoms with van der Waals surface area (Å²) in [4.78, 5) is 79.0. The minimum Gasteiger partial charge on any atom is -0.480 e. The number of carboxylic acid groups (broad SMARTS) is 1. The molecule has 0 fully saturated rings. The van der Waals surface area contributed by atoms with Crippen molar-refractivity contribution in [2.75, 3.05) is 19.8 Å². The van der Waals surface area contributed by atoms with Crippen LogP contribution in [0.2, 0.25) is 0 Å². The third kappa shape index (κ3) is 14.9. The molecule has 0 radical (unpaired) electrons. The van der Waals surface area contributed by atoms with Gasteiger partial charge >= 0.3 is 24.1 Å². The fraction of sp³-hybridized carbons (Fsp3) is 0.176. The Morgan fingerprint density at radius 3 is 1.47 bits per heavy atom. The number of nitrogens with zero attached hydrogens (tertiary/aromatic N) is 2. The third-order valence-electron chi connectivity index (χ3n) is 14.8. The van der Waals surface area contributed by atoms with Gasteiger partial charge in [-0.25, -0.2) is 19.2 Å². The SMILES string of the molecule is C.C.CCOC(=O)C(Cc1c[nH]c2ccccc12)NC(=O)OCC1c2ccccc2-c2ccccc21.O=C(NC(Cc1c(Sc2ccccc2[N+](=O)[O-])[nH]c2ccccc12)C(=O)O)OCC1c2ccccc2-c2ccccc21.O=[N+]([O-])c1ccccc1SCl. The molecule has 0 saturated heterocycles. The van der Waals surface area contributed by atoms with Gasteiger partial charge in [0.2, 0.25) is 0 Å². The Labute approximate surface area is 526 Å². The van der Waals surface area contributed by atoms with Gasteiger partial charge in [0.15, 0.2) is 0 Å². The summed E-state index contributed by atoms with van der Waals surface area (Å²) in [7, 11) is 6.24. The summed E-state index contributed by atoms with van der Waals surface area (Å²) in [5.41, 5.74) is 12.1. The number of amides is 2. The van der Waals surface area contributed by atoms with Gasteiger partial charge in [-0.2, -0.15) is 0 Å². The van der Waals surface area contributed by atoms with E-state index in [0.717, 1.165) is 94.6 Å². The van der Waals surface area contributed by atoms with E-state index in [0.29, 0.717) is 26.8 Å². The standard InChI is InChI=1S/C32H25N3O6S.C28H26N2O4.C6H4ClNO2S.2CH4/c36-31(37)27(34-32(38)41-18-25-21-11-3-1-9-19(21)20-10-2-4-12-22(20)25)17-24-23-13-5-6-14-26(23)33-30(24)42-29-16-8-7-15-28(29)35(39)40;1-2-33-27(31)26(15-18-16-29-25-14-8-7-9-19(18)25)30-28(32)34-17-24-22-12-5-3-10-20(22)21-11-4-6-13-23(21)24;7-11-6-4-2-1-3-5(6)8(9)10;;/h1-16,25,27,33H,17-18H2,(H,34,38)(H,36,37);3-14,16,24,26,29H,2,15,17H2,1H3,(H,30,32);1-4H;2*1H4. The average molecular weight is 1260 g/mol. The lowest BCUT2D eigenvalue weighted by Gasteiger charge is -2.19. The molecule has 10 aromatic rings. The molecule has 8 aromatic carbocycles. The van der Waals surface area contributed by atoms with Gasteiger partial charge in [0, 0.05) is 64.8 Å². The van der Waals surface area contributed by atoms with Gasteiger partial charge < -0.3 is 39.9 Å². The number of carbonyl (C=O) groups is 4. The first-order chi connectivity index (χ1) is 42.3. The molecular formula is C68H63ClN6O12S2. The molecule has 5 N–H and O–H groups in total. The predicted molar refractivity (Wildman–Crippen MR) is 348 cm³/mol. The molecule has 0 spiro atoms.